The fourth-order valence-electron chi connectivity index (χ4n) is 10.3. The van der Waals surface area contributed by atoms with E-state index in [0.717, 1.165) is 56.5 Å². The van der Waals surface area contributed by atoms with Gasteiger partial charge in [-0.3, -0.25) is 9.59 Å². The summed E-state index contributed by atoms with van der Waals surface area (Å²) in [6, 6.07) is 58.3. The van der Waals surface area contributed by atoms with Gasteiger partial charge in [0.25, 0.3) is 0 Å². The Kier molecular flexibility index (Phi) is 13.6. The van der Waals surface area contributed by atoms with Gasteiger partial charge in [0, 0.05) is 53.3 Å². The van der Waals surface area contributed by atoms with Crippen LogP contribution in [0.15, 0.2) is 182 Å². The van der Waals surface area contributed by atoms with E-state index in [4.69, 9.17) is 32.7 Å². The summed E-state index contributed by atoms with van der Waals surface area (Å²) in [5.74, 6) is -1.91. The second kappa shape index (κ2) is 20.1. The third-order valence-electron chi connectivity index (χ3n) is 13.7. The molecule has 7 aromatic carbocycles. The Balaban J connectivity index is 1.01. The van der Waals surface area contributed by atoms with Gasteiger partial charge in [-0.15, -0.1) is 0 Å². The molecular weight excluding hydrogens is 876 g/mol. The summed E-state index contributed by atoms with van der Waals surface area (Å²) in [5, 5.41) is 1.04. The number of likely N-dealkylation sites (N-methyl/N-ethyl adjacent to an activating group) is 2. The number of amides is 2. The molecule has 0 aliphatic heterocycles. The second-order valence-corrected chi connectivity index (χ2v) is 18.5. The Hall–Kier alpha value is -6.67. The number of benzene rings is 7. The normalized spacial score (nSPS) is 14.8. The van der Waals surface area contributed by atoms with Crippen LogP contribution in [0.5, 0.6) is 0 Å². The third-order valence-corrected chi connectivity index (χ3v) is 14.2. The van der Waals surface area contributed by atoms with Gasteiger partial charge in [0.2, 0.25) is 5.91 Å². The van der Waals surface area contributed by atoms with E-state index in [1.54, 1.807) is 30.0 Å². The van der Waals surface area contributed by atoms with Crippen molar-refractivity contribution in [1.29, 1.82) is 0 Å². The van der Waals surface area contributed by atoms with Crippen molar-refractivity contribution in [1.82, 2.24) is 9.80 Å². The lowest BCUT2D eigenvalue weighted by molar-refractivity contribution is -0.157. The quantitative estimate of drug-likeness (QED) is 0.0756. The SMILES string of the molecule is CN(C[C@@H](Cc1ccc(Cl)cc1)N(C)C(=O)OCC1c2ccccc2-c2ccccc21)C(=O)[C@@H](CC(=O)OC(c1ccccc1)(c1ccccc1)c1ccccc1Cl)[C@H]1CCc2ccccc21. The van der Waals surface area contributed by atoms with Gasteiger partial charge >= 0.3 is 12.1 Å². The molecule has 3 atom stereocenters. The monoisotopic (exact) mass is 926 g/mol. The smallest absolute Gasteiger partial charge is 0.409 e. The van der Waals surface area contributed by atoms with Crippen LogP contribution < -0.4 is 0 Å². The van der Waals surface area contributed by atoms with Gasteiger partial charge in [-0.25, -0.2) is 4.79 Å². The van der Waals surface area contributed by atoms with Crippen LogP contribution in [0.1, 0.15) is 69.2 Å². The number of hydrogen-bond donors (Lipinski definition) is 0. The Morgan fingerprint density at radius 2 is 1.21 bits per heavy atom. The Labute approximate surface area is 402 Å². The molecule has 0 heterocycles. The highest BCUT2D eigenvalue weighted by Crippen LogP contribution is 2.47. The molecule has 7 aromatic rings. The molecule has 0 aromatic heterocycles. The minimum atomic E-state index is -1.43. The number of halogens is 2. The zero-order valence-corrected chi connectivity index (χ0v) is 39.1. The molecule has 9 heteroatoms. The first-order chi connectivity index (χ1) is 32.6. The lowest BCUT2D eigenvalue weighted by atomic mass is 9.79. The van der Waals surface area contributed by atoms with Crippen molar-refractivity contribution in [2.75, 3.05) is 27.2 Å². The molecule has 0 saturated heterocycles. The molecule has 0 bridgehead atoms. The van der Waals surface area contributed by atoms with Gasteiger partial charge in [-0.05, 0) is 82.3 Å². The van der Waals surface area contributed by atoms with Crippen LogP contribution >= 0.6 is 23.2 Å². The van der Waals surface area contributed by atoms with E-state index >= 15 is 9.59 Å². The van der Waals surface area contributed by atoms with Crippen molar-refractivity contribution < 1.29 is 23.9 Å². The van der Waals surface area contributed by atoms with Gasteiger partial charge in [-0.2, -0.15) is 0 Å². The molecule has 0 unspecified atom stereocenters. The van der Waals surface area contributed by atoms with Crippen LogP contribution in [-0.4, -0.2) is 61.1 Å². The number of fused-ring (bicyclic) bond motifs is 4. The number of carbonyl (C=O) groups is 3. The van der Waals surface area contributed by atoms with Crippen LogP contribution in [0.4, 0.5) is 4.79 Å². The van der Waals surface area contributed by atoms with Crippen LogP contribution in [0.25, 0.3) is 11.1 Å². The van der Waals surface area contributed by atoms with E-state index < -0.39 is 29.6 Å². The van der Waals surface area contributed by atoms with Crippen molar-refractivity contribution in [3.05, 3.63) is 237 Å². The minimum Gasteiger partial charge on any atom is -0.448 e. The Morgan fingerprint density at radius 3 is 1.84 bits per heavy atom. The van der Waals surface area contributed by atoms with Gasteiger partial charge in [0.15, 0.2) is 5.60 Å². The van der Waals surface area contributed by atoms with Gasteiger partial charge in [0.1, 0.15) is 6.61 Å². The maximum Gasteiger partial charge on any atom is 0.409 e. The predicted molar refractivity (Wildman–Crippen MR) is 265 cm³/mol. The maximum atomic E-state index is 15.3. The van der Waals surface area contributed by atoms with E-state index in [0.29, 0.717) is 28.5 Å². The number of carbonyl (C=O) groups excluding carboxylic acids is 3. The Morgan fingerprint density at radius 1 is 0.657 bits per heavy atom. The van der Waals surface area contributed by atoms with E-state index in [2.05, 4.69) is 36.4 Å². The van der Waals surface area contributed by atoms with Crippen LogP contribution in [0.3, 0.4) is 0 Å². The molecule has 2 amide bonds. The fraction of sp³-hybridized carbons (Fsp3) is 0.224. The molecule has 0 fully saturated rings. The van der Waals surface area contributed by atoms with Crippen molar-refractivity contribution in [2.45, 2.75) is 49.2 Å². The minimum absolute atomic E-state index is 0.112. The Bertz CT molecular complexity index is 2790. The number of nitrogens with zero attached hydrogens (tertiary/aromatic N) is 2. The molecule has 0 N–H and O–H groups in total. The maximum absolute atomic E-state index is 15.3. The molecular formula is C58H52Cl2N2O5. The zero-order chi connectivity index (χ0) is 46.5. The van der Waals surface area contributed by atoms with Gasteiger partial charge in [-0.1, -0.05) is 187 Å². The van der Waals surface area contributed by atoms with Crippen LogP contribution in [0.2, 0.25) is 10.0 Å². The van der Waals surface area contributed by atoms with E-state index in [-0.39, 0.29) is 37.3 Å². The van der Waals surface area contributed by atoms with Crippen LogP contribution in [0, 0.1) is 5.92 Å². The van der Waals surface area contributed by atoms with Crippen molar-refractivity contribution >= 4 is 41.2 Å². The number of ether oxygens (including phenoxy) is 2. The molecule has 0 radical (unpaired) electrons. The molecule has 0 saturated carbocycles. The van der Waals surface area contributed by atoms with Gasteiger partial charge < -0.3 is 19.3 Å². The molecule has 338 valence electrons. The van der Waals surface area contributed by atoms with Gasteiger partial charge in [0.05, 0.1) is 18.4 Å². The molecule has 2 aliphatic rings. The summed E-state index contributed by atoms with van der Waals surface area (Å²) >= 11 is 13.3. The molecule has 2 aliphatic carbocycles. The highest BCUT2D eigenvalue weighted by Gasteiger charge is 2.45. The fourth-order valence-corrected chi connectivity index (χ4v) is 10.7. The topological polar surface area (TPSA) is 76.2 Å². The first-order valence-electron chi connectivity index (χ1n) is 22.8. The summed E-state index contributed by atoms with van der Waals surface area (Å²) in [7, 11) is 3.48. The van der Waals surface area contributed by atoms with Crippen molar-refractivity contribution in [3.63, 3.8) is 0 Å². The average Bonchev–Trinajstić information content (AvgIpc) is 3.94. The lowest BCUT2D eigenvalue weighted by Gasteiger charge is -2.37. The zero-order valence-electron chi connectivity index (χ0n) is 37.6. The van der Waals surface area contributed by atoms with E-state index in [9.17, 15) is 4.79 Å². The highest BCUT2D eigenvalue weighted by molar-refractivity contribution is 6.31. The number of esters is 1. The molecule has 7 nitrogen and oxygen atoms in total. The lowest BCUT2D eigenvalue weighted by Crippen LogP contribution is -2.49. The molecule has 9 rings (SSSR count). The number of rotatable bonds is 15. The summed E-state index contributed by atoms with van der Waals surface area (Å²) in [6.45, 7) is 0.326. The molecule has 67 heavy (non-hydrogen) atoms. The average molecular weight is 928 g/mol. The van der Waals surface area contributed by atoms with E-state index in [1.807, 2.05) is 140 Å². The first kappa shape index (κ1) is 45.5. The second-order valence-electron chi connectivity index (χ2n) is 17.6. The van der Waals surface area contributed by atoms with E-state index in [1.165, 1.54) is 0 Å². The highest BCUT2D eigenvalue weighted by atomic mass is 35.5. The number of hydrogen-bond acceptors (Lipinski definition) is 5. The standard InChI is InChI=1S/C58H52Cl2N2O5/c1-61(37-44(35-39-29-32-43(59)33-30-39)62(2)57(65)66-38-52-48-25-13-11-23-46(48)47-24-12-14-26-49(47)52)56(64)51(50-34-31-40-17-9-10-22-45(40)50)36-55(63)67-58(41-18-5-3-6-19-41,42-20-7-4-8-21-42)53-27-15-16-28-54(53)60/h3-30,32-33,44,50-52H,31,34-38H2,1-2H3/t44-,50+,51+/m1/s1. The third kappa shape index (κ3) is 9.36. The van der Waals surface area contributed by atoms with Crippen LogP contribution in [-0.2, 0) is 37.5 Å². The number of aryl methyl sites for hydroxylation is 1. The van der Waals surface area contributed by atoms with Crippen molar-refractivity contribution in [2.24, 2.45) is 5.92 Å². The summed E-state index contributed by atoms with van der Waals surface area (Å²) in [4.78, 5) is 47.8. The molecule has 0 spiro atoms. The van der Waals surface area contributed by atoms with Crippen molar-refractivity contribution in [3.8, 4) is 11.1 Å². The summed E-state index contributed by atoms with van der Waals surface area (Å²) < 4.78 is 13.0. The summed E-state index contributed by atoms with van der Waals surface area (Å²) in [5.41, 5.74) is 8.30. The predicted octanol–water partition coefficient (Wildman–Crippen LogP) is 12.5. The largest absolute Gasteiger partial charge is 0.448 e. The first-order valence-corrected chi connectivity index (χ1v) is 23.6. The summed E-state index contributed by atoms with van der Waals surface area (Å²) in [6.07, 6.45) is 1.20.